The second-order valence-electron chi connectivity index (χ2n) is 13.3. The molecule has 1 amide bonds. The number of ketones is 1. The fourth-order valence-electron chi connectivity index (χ4n) is 8.85. The van der Waals surface area contributed by atoms with Crippen molar-refractivity contribution in [2.75, 3.05) is 13.7 Å². The van der Waals surface area contributed by atoms with Gasteiger partial charge in [0.1, 0.15) is 17.4 Å². The highest BCUT2D eigenvalue weighted by atomic mass is 16.6. The van der Waals surface area contributed by atoms with Gasteiger partial charge in [0.2, 0.25) is 0 Å². The van der Waals surface area contributed by atoms with Crippen LogP contribution >= 0.6 is 0 Å². The summed E-state index contributed by atoms with van der Waals surface area (Å²) in [5.74, 6) is 0.371. The molecule has 0 unspecified atom stereocenters. The second kappa shape index (κ2) is 11.5. The molecule has 0 spiro atoms. The van der Waals surface area contributed by atoms with Crippen molar-refractivity contribution in [3.63, 3.8) is 0 Å². The maximum atomic E-state index is 12.6. The number of phenols is 1. The third-order valence-electron chi connectivity index (χ3n) is 11.3. The van der Waals surface area contributed by atoms with Crippen molar-refractivity contribution < 1.29 is 34.2 Å². The van der Waals surface area contributed by atoms with Gasteiger partial charge in [-0.2, -0.15) is 0 Å². The van der Waals surface area contributed by atoms with E-state index in [1.807, 2.05) is 0 Å². The lowest BCUT2D eigenvalue weighted by Crippen LogP contribution is -2.57. The Bertz CT molecular complexity index is 1290. The van der Waals surface area contributed by atoms with Gasteiger partial charge in [0.05, 0.1) is 12.8 Å². The summed E-state index contributed by atoms with van der Waals surface area (Å²) in [4.78, 5) is 42.8. The van der Waals surface area contributed by atoms with Gasteiger partial charge in [0.25, 0.3) is 5.91 Å². The first-order valence-electron chi connectivity index (χ1n) is 15.2. The Balaban J connectivity index is 1.20. The first-order chi connectivity index (χ1) is 19.9. The minimum absolute atomic E-state index is 0.0551. The zero-order valence-corrected chi connectivity index (χ0v) is 25.2. The third kappa shape index (κ3) is 5.25. The minimum atomic E-state index is -1.20. The van der Waals surface area contributed by atoms with E-state index in [0.29, 0.717) is 24.2 Å². The number of aromatic hydroxyl groups is 1. The van der Waals surface area contributed by atoms with Crippen molar-refractivity contribution in [2.24, 2.45) is 33.7 Å². The Morgan fingerprint density at radius 2 is 1.76 bits per heavy atom. The zero-order valence-electron chi connectivity index (χ0n) is 25.2. The molecule has 3 N–H and O–H groups in total. The normalized spacial score (nSPS) is 35.2. The lowest BCUT2D eigenvalue weighted by Gasteiger charge is -2.59. The van der Waals surface area contributed by atoms with Crippen molar-refractivity contribution in [2.45, 2.75) is 90.2 Å². The van der Waals surface area contributed by atoms with Gasteiger partial charge < -0.3 is 25.1 Å². The third-order valence-corrected chi connectivity index (χ3v) is 11.3. The summed E-state index contributed by atoms with van der Waals surface area (Å²) in [6.45, 7) is 5.75. The zero-order chi connectivity index (χ0) is 30.3. The van der Waals surface area contributed by atoms with Crippen LogP contribution in [-0.4, -0.2) is 58.9 Å². The second-order valence-corrected chi connectivity index (χ2v) is 13.3. The first-order valence-corrected chi connectivity index (χ1v) is 15.2. The summed E-state index contributed by atoms with van der Waals surface area (Å²) >= 11 is 0. The van der Waals surface area contributed by atoms with Crippen molar-refractivity contribution in [1.29, 1.82) is 0 Å². The van der Waals surface area contributed by atoms with Crippen LogP contribution in [0.1, 0.15) is 77.7 Å². The number of fused-ring (bicyclic) bond motifs is 5. The van der Waals surface area contributed by atoms with Gasteiger partial charge in [-0.1, -0.05) is 36.7 Å². The molecule has 7 atom stereocenters. The number of hydrogen-bond donors (Lipinski definition) is 3. The molecule has 1 aromatic rings. The number of allylic oxidation sites excluding steroid dienone is 2. The summed E-state index contributed by atoms with van der Waals surface area (Å²) in [6, 6.07) is 5.52. The summed E-state index contributed by atoms with van der Waals surface area (Å²) in [5.41, 5.74) is 1.47. The average molecular weight is 581 g/mol. The molecule has 42 heavy (non-hydrogen) atoms. The molecule has 0 radical (unpaired) electrons. The average Bonchev–Trinajstić information content (AvgIpc) is 3.25. The minimum Gasteiger partial charge on any atom is -0.508 e. The molecule has 0 aliphatic heterocycles. The van der Waals surface area contributed by atoms with E-state index in [0.717, 1.165) is 56.2 Å². The maximum Gasteiger partial charge on any atom is 0.328 e. The van der Waals surface area contributed by atoms with Crippen LogP contribution in [0.15, 0.2) is 41.1 Å². The van der Waals surface area contributed by atoms with E-state index in [2.05, 4.69) is 30.4 Å². The van der Waals surface area contributed by atoms with Crippen LogP contribution in [-0.2, 0) is 30.4 Å². The molecular formula is C33H44N2O7. The largest absolute Gasteiger partial charge is 0.508 e. The maximum absolute atomic E-state index is 12.6. The number of aliphatic hydroxyl groups is 1. The lowest BCUT2D eigenvalue weighted by molar-refractivity contribution is -0.159. The van der Waals surface area contributed by atoms with Gasteiger partial charge in [-0.25, -0.2) is 4.79 Å². The van der Waals surface area contributed by atoms with E-state index in [9.17, 15) is 24.6 Å². The van der Waals surface area contributed by atoms with Crippen LogP contribution in [0.4, 0.5) is 0 Å². The molecule has 4 aliphatic rings. The molecule has 0 aromatic heterocycles. The number of oxime groups is 1. The summed E-state index contributed by atoms with van der Waals surface area (Å²) in [6.07, 6.45) is 9.44. The summed E-state index contributed by atoms with van der Waals surface area (Å²) in [5, 5.41) is 27.8. The van der Waals surface area contributed by atoms with Gasteiger partial charge >= 0.3 is 5.97 Å². The van der Waals surface area contributed by atoms with Gasteiger partial charge in [0, 0.05) is 11.8 Å². The fourth-order valence-corrected chi connectivity index (χ4v) is 8.85. The standard InChI is InChI=1S/C33H44N2O7/c1-20(36)33(40)16-13-27-25-10-7-22-18-23(11-14-31(22,2)26(25)12-15-32(27,33)3)35-42-19-29(38)34-28(30(39)41-4)17-21-5-8-24(37)9-6-21/h5-6,8-9,18,25-28,37,40H,7,10-17,19H2,1-4H3,(H,34,38)/b35-23+/t25-,26+,27+,28+,31+,32+,33+/m1/s1. The van der Waals surface area contributed by atoms with Crippen LogP contribution in [0.5, 0.6) is 5.75 Å². The predicted octanol–water partition coefficient (Wildman–Crippen LogP) is 4.25. The molecule has 9 heteroatoms. The monoisotopic (exact) mass is 580 g/mol. The number of hydrogen-bond acceptors (Lipinski definition) is 8. The SMILES string of the molecule is COC(=O)[C@H](Cc1ccc(O)cc1)NC(=O)CO/N=C1/C=C2CC[C@@H]3[C@H](CC[C@@]4(C)[C@H]3CC[C@]4(O)C(C)=O)[C@@]2(C)CC1. The molecule has 1 aromatic carbocycles. The topological polar surface area (TPSA) is 135 Å². The highest BCUT2D eigenvalue weighted by Gasteiger charge is 2.65. The number of rotatable bonds is 8. The Morgan fingerprint density at radius 1 is 1.05 bits per heavy atom. The Morgan fingerprint density at radius 3 is 2.45 bits per heavy atom. The smallest absolute Gasteiger partial charge is 0.328 e. The van der Waals surface area contributed by atoms with E-state index in [4.69, 9.17) is 9.57 Å². The quantitative estimate of drug-likeness (QED) is 0.309. The van der Waals surface area contributed by atoms with E-state index in [1.54, 1.807) is 19.1 Å². The molecule has 0 saturated heterocycles. The number of ether oxygens (including phenoxy) is 1. The van der Waals surface area contributed by atoms with Crippen molar-refractivity contribution in [3.05, 3.63) is 41.5 Å². The Hall–Kier alpha value is -3.20. The number of phenolic OH excluding ortho intramolecular Hbond substituents is 1. The summed E-state index contributed by atoms with van der Waals surface area (Å²) < 4.78 is 4.85. The van der Waals surface area contributed by atoms with E-state index < -0.39 is 23.5 Å². The van der Waals surface area contributed by atoms with E-state index in [-0.39, 0.29) is 35.4 Å². The highest BCUT2D eigenvalue weighted by Crippen LogP contribution is 2.67. The van der Waals surface area contributed by atoms with Crippen LogP contribution in [0.25, 0.3) is 0 Å². The molecule has 0 heterocycles. The van der Waals surface area contributed by atoms with Crippen LogP contribution < -0.4 is 5.32 Å². The number of amides is 1. The van der Waals surface area contributed by atoms with Crippen LogP contribution in [0.3, 0.4) is 0 Å². The molecular weight excluding hydrogens is 536 g/mol. The summed E-state index contributed by atoms with van der Waals surface area (Å²) in [7, 11) is 1.27. The van der Waals surface area contributed by atoms with Gasteiger partial charge in [-0.05, 0) is 105 Å². The van der Waals surface area contributed by atoms with Gasteiger partial charge in [-0.3, -0.25) is 9.59 Å². The molecule has 3 saturated carbocycles. The number of benzene rings is 1. The van der Waals surface area contributed by atoms with Gasteiger partial charge in [-0.15, -0.1) is 0 Å². The van der Waals surface area contributed by atoms with Crippen molar-refractivity contribution >= 4 is 23.4 Å². The van der Waals surface area contributed by atoms with Crippen LogP contribution in [0.2, 0.25) is 0 Å². The molecule has 228 valence electrons. The molecule has 4 aliphatic carbocycles. The first kappa shape index (κ1) is 30.3. The van der Waals surface area contributed by atoms with Crippen molar-refractivity contribution in [1.82, 2.24) is 5.32 Å². The highest BCUT2D eigenvalue weighted by molar-refractivity contribution is 5.96. The molecule has 0 bridgehead atoms. The Labute approximate surface area is 247 Å². The lowest BCUT2D eigenvalue weighted by atomic mass is 9.46. The van der Waals surface area contributed by atoms with Crippen molar-refractivity contribution in [3.8, 4) is 5.75 Å². The van der Waals surface area contributed by atoms with Gasteiger partial charge in [0.15, 0.2) is 12.4 Å². The number of carbonyl (C=O) groups excluding carboxylic acids is 3. The number of nitrogens with one attached hydrogen (secondary N) is 1. The number of esters is 1. The Kier molecular flexibility index (Phi) is 8.27. The number of carbonyl (C=O) groups is 3. The predicted molar refractivity (Wildman–Crippen MR) is 156 cm³/mol. The molecule has 5 rings (SSSR count). The fraction of sp³-hybridized carbons (Fsp3) is 0.636. The number of Topliss-reactive ketones (excluding diaryl/α,β-unsaturated/α-hetero) is 1. The van der Waals surface area contributed by atoms with E-state index >= 15 is 0 Å². The van der Waals surface area contributed by atoms with E-state index in [1.165, 1.54) is 24.8 Å². The number of nitrogens with zero attached hydrogens (tertiary/aromatic N) is 1. The number of methoxy groups -OCH3 is 1. The van der Waals surface area contributed by atoms with Crippen LogP contribution in [0, 0.1) is 28.6 Å². The molecule has 9 nitrogen and oxygen atoms in total. The molecule has 3 fully saturated rings.